The maximum absolute atomic E-state index is 13.1. The summed E-state index contributed by atoms with van der Waals surface area (Å²) in [7, 11) is -3.44. The second kappa shape index (κ2) is 6.44. The molecule has 1 atom stereocenters. The summed E-state index contributed by atoms with van der Waals surface area (Å²) < 4.78 is 34.8. The predicted octanol–water partition coefficient (Wildman–Crippen LogP) is 2.55. The van der Waals surface area contributed by atoms with Gasteiger partial charge in [0.2, 0.25) is 0 Å². The van der Waals surface area contributed by atoms with Crippen molar-refractivity contribution in [3.8, 4) is 0 Å². The first-order chi connectivity index (χ1) is 11.7. The maximum Gasteiger partial charge on any atom is 0.282 e. The summed E-state index contributed by atoms with van der Waals surface area (Å²) in [5.74, 6) is 0. The molecule has 5 nitrogen and oxygen atoms in total. The highest BCUT2D eigenvalue weighted by Crippen LogP contribution is 2.38. The van der Waals surface area contributed by atoms with Gasteiger partial charge in [-0.3, -0.25) is 0 Å². The fourth-order valence-corrected chi connectivity index (χ4v) is 5.60. The van der Waals surface area contributed by atoms with E-state index < -0.39 is 10.2 Å². The van der Waals surface area contributed by atoms with Crippen molar-refractivity contribution in [1.82, 2.24) is 8.61 Å². The second-order valence-corrected chi connectivity index (χ2v) is 8.24. The van der Waals surface area contributed by atoms with E-state index in [-0.39, 0.29) is 6.04 Å². The first-order valence-electron chi connectivity index (χ1n) is 8.50. The zero-order valence-corrected chi connectivity index (χ0v) is 14.4. The molecule has 0 aliphatic carbocycles. The molecule has 2 saturated heterocycles. The number of hydrogen-bond donors (Lipinski definition) is 0. The molecule has 0 spiro atoms. The van der Waals surface area contributed by atoms with Crippen LogP contribution in [0.15, 0.2) is 42.5 Å². The molecule has 0 saturated carbocycles. The van der Waals surface area contributed by atoms with Crippen molar-refractivity contribution in [1.29, 1.82) is 0 Å². The Kier molecular flexibility index (Phi) is 4.30. The summed E-state index contributed by atoms with van der Waals surface area (Å²) in [6, 6.07) is 14.3. The molecule has 0 amide bonds. The van der Waals surface area contributed by atoms with Crippen LogP contribution in [-0.4, -0.2) is 49.9 Å². The van der Waals surface area contributed by atoms with Crippen molar-refractivity contribution in [2.45, 2.75) is 18.9 Å². The van der Waals surface area contributed by atoms with Crippen LogP contribution >= 0.6 is 0 Å². The zero-order valence-electron chi connectivity index (χ0n) is 13.6. The average Bonchev–Trinajstić information content (AvgIpc) is 3.12. The minimum atomic E-state index is -3.44. The van der Waals surface area contributed by atoms with E-state index in [4.69, 9.17) is 4.74 Å². The van der Waals surface area contributed by atoms with E-state index in [0.29, 0.717) is 32.8 Å². The maximum atomic E-state index is 13.1. The lowest BCUT2D eigenvalue weighted by molar-refractivity contribution is 0.0699. The van der Waals surface area contributed by atoms with E-state index in [2.05, 4.69) is 24.3 Å². The normalized spacial score (nSPS) is 23.8. The summed E-state index contributed by atoms with van der Waals surface area (Å²) >= 11 is 0. The lowest BCUT2D eigenvalue weighted by Crippen LogP contribution is -2.48. The molecule has 4 rings (SSSR count). The molecule has 2 aliphatic heterocycles. The number of rotatable bonds is 3. The third-order valence-corrected chi connectivity index (χ3v) is 7.03. The molecule has 2 aromatic carbocycles. The Labute approximate surface area is 143 Å². The van der Waals surface area contributed by atoms with E-state index in [9.17, 15) is 8.42 Å². The van der Waals surface area contributed by atoms with E-state index >= 15 is 0 Å². The van der Waals surface area contributed by atoms with Crippen molar-refractivity contribution >= 4 is 21.0 Å². The Hall–Kier alpha value is -1.47. The van der Waals surface area contributed by atoms with Crippen LogP contribution in [0.2, 0.25) is 0 Å². The molecule has 24 heavy (non-hydrogen) atoms. The minimum Gasteiger partial charge on any atom is -0.379 e. The highest BCUT2D eigenvalue weighted by molar-refractivity contribution is 7.86. The fraction of sp³-hybridized carbons (Fsp3) is 0.444. The first-order valence-corrected chi connectivity index (χ1v) is 9.90. The Bertz CT molecular complexity index is 826. The molecule has 2 aliphatic rings. The van der Waals surface area contributed by atoms with Gasteiger partial charge in [-0.25, -0.2) is 0 Å². The van der Waals surface area contributed by atoms with Gasteiger partial charge in [0.15, 0.2) is 0 Å². The molecule has 2 fully saturated rings. The van der Waals surface area contributed by atoms with Gasteiger partial charge in [0.1, 0.15) is 0 Å². The summed E-state index contributed by atoms with van der Waals surface area (Å²) in [4.78, 5) is 0. The van der Waals surface area contributed by atoms with E-state index in [0.717, 1.165) is 29.2 Å². The quantitative estimate of drug-likeness (QED) is 0.858. The van der Waals surface area contributed by atoms with Crippen molar-refractivity contribution in [3.63, 3.8) is 0 Å². The molecule has 128 valence electrons. The molecule has 0 unspecified atom stereocenters. The van der Waals surface area contributed by atoms with Gasteiger partial charge in [0.25, 0.3) is 10.2 Å². The highest BCUT2D eigenvalue weighted by atomic mass is 32.2. The number of fused-ring (bicyclic) bond motifs is 1. The average molecular weight is 346 g/mol. The third-order valence-electron chi connectivity index (χ3n) is 4.98. The molecule has 0 radical (unpaired) electrons. The minimum absolute atomic E-state index is 0.0797. The number of benzene rings is 2. The molecule has 0 bridgehead atoms. The highest BCUT2D eigenvalue weighted by Gasteiger charge is 2.39. The van der Waals surface area contributed by atoms with Gasteiger partial charge in [0, 0.05) is 19.6 Å². The second-order valence-electron chi connectivity index (χ2n) is 6.36. The molecule has 0 aromatic heterocycles. The van der Waals surface area contributed by atoms with Gasteiger partial charge in [0.05, 0.1) is 19.3 Å². The lowest BCUT2D eigenvalue weighted by atomic mass is 9.98. The first kappa shape index (κ1) is 16.0. The van der Waals surface area contributed by atoms with Crippen molar-refractivity contribution < 1.29 is 13.2 Å². The fourth-order valence-electron chi connectivity index (χ4n) is 3.79. The number of nitrogens with zero attached hydrogens (tertiary/aromatic N) is 2. The van der Waals surface area contributed by atoms with Crippen LogP contribution in [0.25, 0.3) is 10.8 Å². The van der Waals surface area contributed by atoms with Gasteiger partial charge in [-0.05, 0) is 29.2 Å². The van der Waals surface area contributed by atoms with Crippen LogP contribution in [-0.2, 0) is 14.9 Å². The van der Waals surface area contributed by atoms with Crippen LogP contribution in [0.4, 0.5) is 0 Å². The Balaban J connectivity index is 1.72. The Morgan fingerprint density at radius 2 is 1.71 bits per heavy atom. The van der Waals surface area contributed by atoms with Crippen LogP contribution in [0.5, 0.6) is 0 Å². The SMILES string of the molecule is O=S(=O)(N1CCOCC1)N1CCC[C@H]1c1cccc2ccccc12. The largest absolute Gasteiger partial charge is 0.379 e. The summed E-state index contributed by atoms with van der Waals surface area (Å²) in [6.45, 7) is 2.44. The molecule has 2 heterocycles. The van der Waals surface area contributed by atoms with Gasteiger partial charge in [-0.2, -0.15) is 17.0 Å². The van der Waals surface area contributed by atoms with Gasteiger partial charge in [-0.1, -0.05) is 42.5 Å². The van der Waals surface area contributed by atoms with E-state index in [1.165, 1.54) is 0 Å². The predicted molar refractivity (Wildman–Crippen MR) is 93.9 cm³/mol. The van der Waals surface area contributed by atoms with Crippen LogP contribution in [0, 0.1) is 0 Å². The summed E-state index contributed by atoms with van der Waals surface area (Å²) in [6.07, 6.45) is 1.77. The molecule has 0 N–H and O–H groups in total. The standard InChI is InChI=1S/C18H22N2O3S/c21-24(22,19-11-13-23-14-12-19)20-10-4-9-18(20)17-8-3-6-15-5-1-2-7-16(15)17/h1-3,5-8,18H,4,9-14H2/t18-/m0/s1. The van der Waals surface area contributed by atoms with Crippen molar-refractivity contribution in [3.05, 3.63) is 48.0 Å². The summed E-state index contributed by atoms with van der Waals surface area (Å²) in [5.41, 5.74) is 1.11. The number of hydrogen-bond acceptors (Lipinski definition) is 3. The number of morpholine rings is 1. The third kappa shape index (κ3) is 2.73. The van der Waals surface area contributed by atoms with E-state index in [1.54, 1.807) is 8.61 Å². The van der Waals surface area contributed by atoms with Crippen LogP contribution in [0.3, 0.4) is 0 Å². The zero-order chi connectivity index (χ0) is 16.6. The Morgan fingerprint density at radius 3 is 2.54 bits per heavy atom. The van der Waals surface area contributed by atoms with Crippen LogP contribution in [0.1, 0.15) is 24.4 Å². The molecular formula is C18H22N2O3S. The van der Waals surface area contributed by atoms with E-state index in [1.807, 2.05) is 18.2 Å². The Morgan fingerprint density at radius 1 is 0.958 bits per heavy atom. The molecule has 2 aromatic rings. The lowest BCUT2D eigenvalue weighted by Gasteiger charge is -2.33. The van der Waals surface area contributed by atoms with Crippen molar-refractivity contribution in [2.75, 3.05) is 32.8 Å². The van der Waals surface area contributed by atoms with Gasteiger partial charge >= 0.3 is 0 Å². The van der Waals surface area contributed by atoms with Crippen molar-refractivity contribution in [2.24, 2.45) is 0 Å². The monoisotopic (exact) mass is 346 g/mol. The van der Waals surface area contributed by atoms with Crippen LogP contribution < -0.4 is 0 Å². The summed E-state index contributed by atoms with van der Waals surface area (Å²) in [5, 5.41) is 2.31. The topological polar surface area (TPSA) is 49.9 Å². The molecular weight excluding hydrogens is 324 g/mol. The van der Waals surface area contributed by atoms with Gasteiger partial charge in [-0.15, -0.1) is 0 Å². The smallest absolute Gasteiger partial charge is 0.282 e. The van der Waals surface area contributed by atoms with Gasteiger partial charge < -0.3 is 4.74 Å². The molecule has 6 heteroatoms. The number of ether oxygens (including phenoxy) is 1.